The van der Waals surface area contributed by atoms with Crippen molar-refractivity contribution in [1.29, 1.82) is 0 Å². The molecule has 0 radical (unpaired) electrons. The third-order valence-corrected chi connectivity index (χ3v) is 8.93. The number of likely N-dealkylation sites (tertiary alicyclic amines) is 1. The van der Waals surface area contributed by atoms with Crippen molar-refractivity contribution in [3.63, 3.8) is 0 Å². The summed E-state index contributed by atoms with van der Waals surface area (Å²) in [5, 5.41) is 10.5. The minimum atomic E-state index is -1.14. The second-order valence-electron chi connectivity index (χ2n) is 13.5. The molecule has 8 heteroatoms. The predicted molar refractivity (Wildman–Crippen MR) is 151 cm³/mol. The summed E-state index contributed by atoms with van der Waals surface area (Å²) in [6, 6.07) is -1.52. The Morgan fingerprint density at radius 1 is 1.26 bits per heavy atom. The lowest BCUT2D eigenvalue weighted by atomic mass is 9.70. The number of rotatable bonds is 13. The van der Waals surface area contributed by atoms with Gasteiger partial charge in [0.1, 0.15) is 11.6 Å². The summed E-state index contributed by atoms with van der Waals surface area (Å²) in [7, 11) is 0. The average Bonchev–Trinajstić information content (AvgIpc) is 3.48. The lowest BCUT2D eigenvalue weighted by molar-refractivity contribution is -0.158. The van der Waals surface area contributed by atoms with E-state index in [1.165, 1.54) is 0 Å². The maximum absolute atomic E-state index is 14.8. The summed E-state index contributed by atoms with van der Waals surface area (Å²) >= 11 is 0. The molecular weight excluding hydrogens is 496 g/mol. The molecular formula is C31H50N2O6. The quantitative estimate of drug-likeness (QED) is 0.212. The first-order chi connectivity index (χ1) is 18.2. The van der Waals surface area contributed by atoms with Gasteiger partial charge in [-0.2, -0.15) is 0 Å². The molecule has 1 N–H and O–H groups in total. The van der Waals surface area contributed by atoms with Gasteiger partial charge >= 0.3 is 5.97 Å². The number of amides is 2. The fourth-order valence-corrected chi connectivity index (χ4v) is 7.45. The van der Waals surface area contributed by atoms with E-state index in [0.717, 1.165) is 12.8 Å². The number of hydrogen-bond donors (Lipinski definition) is 1. The summed E-state index contributed by atoms with van der Waals surface area (Å²) < 4.78 is 12.1. The zero-order chi connectivity index (χ0) is 29.3. The van der Waals surface area contributed by atoms with E-state index in [4.69, 9.17) is 9.47 Å². The van der Waals surface area contributed by atoms with Crippen LogP contribution in [0.4, 0.5) is 0 Å². The van der Waals surface area contributed by atoms with E-state index in [-0.39, 0.29) is 36.4 Å². The van der Waals surface area contributed by atoms with Crippen LogP contribution in [0.2, 0.25) is 0 Å². The van der Waals surface area contributed by atoms with E-state index in [0.29, 0.717) is 25.8 Å². The average molecular weight is 547 g/mol. The highest BCUT2D eigenvalue weighted by molar-refractivity contribution is 5.98. The van der Waals surface area contributed by atoms with Gasteiger partial charge in [0, 0.05) is 12.1 Å². The SMILES string of the molecule is C=CCCOC(=O)[C@@H]1[C@H]2C(=O)N([C@@H](CO)[C@@H](C)CC)C(C(=O)N(CC=C)C(C)(C)CC(C)(C)C)C23CC[C@H]1O3. The van der Waals surface area contributed by atoms with Gasteiger partial charge < -0.3 is 24.4 Å². The van der Waals surface area contributed by atoms with Crippen molar-refractivity contribution >= 4 is 17.8 Å². The topological polar surface area (TPSA) is 96.4 Å². The summed E-state index contributed by atoms with van der Waals surface area (Å²) in [6.07, 6.45) is 5.95. The monoisotopic (exact) mass is 546 g/mol. The molecule has 8 nitrogen and oxygen atoms in total. The maximum atomic E-state index is 14.8. The fourth-order valence-electron chi connectivity index (χ4n) is 7.45. The Bertz CT molecular complexity index is 955. The molecule has 2 unspecified atom stereocenters. The number of aliphatic hydroxyl groups excluding tert-OH is 1. The molecule has 3 fully saturated rings. The van der Waals surface area contributed by atoms with Crippen LogP contribution >= 0.6 is 0 Å². The number of nitrogens with zero attached hydrogens (tertiary/aromatic N) is 2. The van der Waals surface area contributed by atoms with Crippen LogP contribution in [-0.2, 0) is 23.9 Å². The highest BCUT2D eigenvalue weighted by Crippen LogP contribution is 2.59. The van der Waals surface area contributed by atoms with E-state index >= 15 is 0 Å². The molecule has 0 saturated carbocycles. The van der Waals surface area contributed by atoms with Crippen LogP contribution in [-0.4, -0.2) is 81.8 Å². The highest BCUT2D eigenvalue weighted by Gasteiger charge is 2.76. The molecule has 3 saturated heterocycles. The summed E-state index contributed by atoms with van der Waals surface area (Å²) in [5.74, 6) is -2.64. The van der Waals surface area contributed by atoms with Crippen LogP contribution in [0.1, 0.15) is 80.6 Å². The predicted octanol–water partition coefficient (Wildman–Crippen LogP) is 4.12. The normalized spacial score (nSPS) is 29.6. The minimum absolute atomic E-state index is 0.0534. The molecule has 1 spiro atoms. The molecule has 0 aromatic heterocycles. The lowest BCUT2D eigenvalue weighted by Gasteiger charge is -2.47. The van der Waals surface area contributed by atoms with Crippen molar-refractivity contribution in [2.75, 3.05) is 19.8 Å². The van der Waals surface area contributed by atoms with Gasteiger partial charge in [0.25, 0.3) is 0 Å². The largest absolute Gasteiger partial charge is 0.465 e. The molecule has 0 aromatic carbocycles. The van der Waals surface area contributed by atoms with Crippen molar-refractivity contribution < 1.29 is 29.0 Å². The number of fused-ring (bicyclic) bond motifs is 1. The highest BCUT2D eigenvalue weighted by atomic mass is 16.6. The Hall–Kier alpha value is -2.19. The van der Waals surface area contributed by atoms with Crippen LogP contribution < -0.4 is 0 Å². The first kappa shape index (κ1) is 31.3. The molecule has 3 aliphatic heterocycles. The number of ether oxygens (including phenoxy) is 2. The Morgan fingerprint density at radius 2 is 1.92 bits per heavy atom. The van der Waals surface area contributed by atoms with Crippen LogP contribution in [0.15, 0.2) is 25.3 Å². The third kappa shape index (κ3) is 5.69. The number of carbonyl (C=O) groups is 3. The van der Waals surface area contributed by atoms with Gasteiger partial charge in [-0.3, -0.25) is 14.4 Å². The van der Waals surface area contributed by atoms with Crippen molar-refractivity contribution in [1.82, 2.24) is 9.80 Å². The smallest absolute Gasteiger partial charge is 0.312 e. The Morgan fingerprint density at radius 3 is 2.46 bits per heavy atom. The van der Waals surface area contributed by atoms with Crippen LogP contribution in [0.3, 0.4) is 0 Å². The zero-order valence-electron chi connectivity index (χ0n) is 25.1. The first-order valence-corrected chi connectivity index (χ1v) is 14.5. The van der Waals surface area contributed by atoms with E-state index in [9.17, 15) is 19.5 Å². The van der Waals surface area contributed by atoms with Gasteiger partial charge in [-0.05, 0) is 50.9 Å². The van der Waals surface area contributed by atoms with Gasteiger partial charge in [-0.15, -0.1) is 13.2 Å². The van der Waals surface area contributed by atoms with Crippen molar-refractivity contribution in [2.24, 2.45) is 23.2 Å². The molecule has 3 rings (SSSR count). The van der Waals surface area contributed by atoms with E-state index < -0.39 is 47.1 Å². The van der Waals surface area contributed by atoms with Crippen molar-refractivity contribution in [2.45, 2.75) is 110 Å². The standard InChI is InChI=1S/C31H50N2O6/c1-10-13-17-38-28(37)23-22-14-15-31(39-22)24(23)26(35)33(21(18-34)20(4)12-3)25(31)27(36)32(16-11-2)30(8,9)19-29(5,6)7/h10-11,20-25,34H,1-2,12-19H2,3-9H3/t20-,21-,22+,23-,24-,25?,31?/m0/s1. The molecule has 220 valence electrons. The summed E-state index contributed by atoms with van der Waals surface area (Å²) in [5.41, 5.74) is -1.74. The van der Waals surface area contributed by atoms with Gasteiger partial charge in [0.2, 0.25) is 11.8 Å². The maximum Gasteiger partial charge on any atom is 0.312 e. The zero-order valence-corrected chi connectivity index (χ0v) is 25.1. The van der Waals surface area contributed by atoms with E-state index in [1.807, 2.05) is 32.6 Å². The molecule has 3 heterocycles. The number of hydrogen-bond acceptors (Lipinski definition) is 6. The first-order valence-electron chi connectivity index (χ1n) is 14.5. The van der Waals surface area contributed by atoms with Gasteiger partial charge in [0.15, 0.2) is 0 Å². The second kappa shape index (κ2) is 11.7. The molecule has 7 atom stereocenters. The summed E-state index contributed by atoms with van der Waals surface area (Å²) in [4.78, 5) is 45.8. The molecule has 3 aliphatic rings. The van der Waals surface area contributed by atoms with Crippen molar-refractivity contribution in [3.8, 4) is 0 Å². The Balaban J connectivity index is 2.12. The lowest BCUT2D eigenvalue weighted by Crippen LogP contribution is -2.63. The van der Waals surface area contributed by atoms with Gasteiger partial charge in [-0.1, -0.05) is 53.2 Å². The Kier molecular flexibility index (Phi) is 9.43. The number of esters is 1. The van der Waals surface area contributed by atoms with Gasteiger partial charge in [0.05, 0.1) is 37.2 Å². The molecule has 0 aliphatic carbocycles. The van der Waals surface area contributed by atoms with Crippen LogP contribution in [0.25, 0.3) is 0 Å². The minimum Gasteiger partial charge on any atom is -0.465 e. The van der Waals surface area contributed by atoms with Crippen molar-refractivity contribution in [3.05, 3.63) is 25.3 Å². The molecule has 39 heavy (non-hydrogen) atoms. The summed E-state index contributed by atoms with van der Waals surface area (Å²) in [6.45, 7) is 22.3. The third-order valence-electron chi connectivity index (χ3n) is 8.93. The fraction of sp³-hybridized carbons (Fsp3) is 0.774. The van der Waals surface area contributed by atoms with E-state index in [2.05, 4.69) is 33.9 Å². The van der Waals surface area contributed by atoms with Gasteiger partial charge in [-0.25, -0.2) is 0 Å². The number of aliphatic hydroxyl groups is 1. The molecule has 0 aromatic rings. The number of carbonyl (C=O) groups excluding carboxylic acids is 3. The molecule has 2 amide bonds. The molecule has 2 bridgehead atoms. The van der Waals surface area contributed by atoms with Crippen LogP contribution in [0, 0.1) is 23.2 Å². The van der Waals surface area contributed by atoms with Crippen LogP contribution in [0.5, 0.6) is 0 Å². The second-order valence-corrected chi connectivity index (χ2v) is 13.5. The Labute approximate surface area is 234 Å². The van der Waals surface area contributed by atoms with E-state index in [1.54, 1.807) is 17.1 Å².